The summed E-state index contributed by atoms with van der Waals surface area (Å²) in [5, 5.41) is 10.1. The van der Waals surface area contributed by atoms with Crippen molar-refractivity contribution in [2.75, 3.05) is 0 Å². The van der Waals surface area contributed by atoms with Crippen molar-refractivity contribution in [3.05, 3.63) is 99.6 Å². The molecule has 5 heteroatoms. The maximum Gasteiger partial charge on any atom is 0.0885 e. The molecule has 0 aliphatic heterocycles. The molecule has 0 saturated carbocycles. The van der Waals surface area contributed by atoms with E-state index in [9.17, 15) is 0 Å². The molecule has 0 radical (unpaired) electrons. The molecule has 126 valence electrons. The molecule has 0 N–H and O–H groups in total. The lowest BCUT2D eigenvalue weighted by Gasteiger charge is -2.05. The SMILES string of the molecule is Clc1cccc(Cl)c1/C=N/N=c1ccn(CCc2ccccc2)cc1. The van der Waals surface area contributed by atoms with Gasteiger partial charge in [0.05, 0.1) is 21.6 Å². The molecule has 0 unspecified atom stereocenters. The van der Waals surface area contributed by atoms with Gasteiger partial charge in [0, 0.05) is 24.5 Å². The van der Waals surface area contributed by atoms with Crippen molar-refractivity contribution >= 4 is 29.4 Å². The lowest BCUT2D eigenvalue weighted by Crippen LogP contribution is -2.06. The molecule has 0 aliphatic carbocycles. The van der Waals surface area contributed by atoms with E-state index in [0.29, 0.717) is 15.6 Å². The van der Waals surface area contributed by atoms with Gasteiger partial charge < -0.3 is 4.57 Å². The molecule has 3 aromatic rings. The van der Waals surface area contributed by atoms with Crippen molar-refractivity contribution < 1.29 is 0 Å². The summed E-state index contributed by atoms with van der Waals surface area (Å²) >= 11 is 12.2. The summed E-state index contributed by atoms with van der Waals surface area (Å²) in [4.78, 5) is 0. The summed E-state index contributed by atoms with van der Waals surface area (Å²) in [7, 11) is 0. The number of halogens is 2. The lowest BCUT2D eigenvalue weighted by molar-refractivity contribution is 0.689. The highest BCUT2D eigenvalue weighted by Gasteiger charge is 2.01. The molecule has 3 rings (SSSR count). The molecule has 0 aliphatic rings. The summed E-state index contributed by atoms with van der Waals surface area (Å²) in [5.41, 5.74) is 1.99. The highest BCUT2D eigenvalue weighted by atomic mass is 35.5. The van der Waals surface area contributed by atoms with Crippen LogP contribution in [0.1, 0.15) is 11.1 Å². The average molecular weight is 370 g/mol. The fraction of sp³-hybridized carbons (Fsp3) is 0.100. The first-order valence-corrected chi connectivity index (χ1v) is 8.69. The maximum atomic E-state index is 6.10. The fourth-order valence-electron chi connectivity index (χ4n) is 2.36. The van der Waals surface area contributed by atoms with Gasteiger partial charge >= 0.3 is 0 Å². The lowest BCUT2D eigenvalue weighted by atomic mass is 10.1. The number of hydrogen-bond acceptors (Lipinski definition) is 2. The molecule has 0 atom stereocenters. The Morgan fingerprint density at radius 2 is 1.52 bits per heavy atom. The highest BCUT2D eigenvalue weighted by molar-refractivity contribution is 6.38. The van der Waals surface area contributed by atoms with Crippen LogP contribution in [0, 0.1) is 0 Å². The van der Waals surface area contributed by atoms with Gasteiger partial charge in [-0.2, -0.15) is 10.2 Å². The number of hydrogen-bond donors (Lipinski definition) is 0. The minimum absolute atomic E-state index is 0.554. The quantitative estimate of drug-likeness (QED) is 0.448. The Labute approximate surface area is 156 Å². The molecule has 0 fully saturated rings. The Morgan fingerprint density at radius 1 is 0.840 bits per heavy atom. The molecule has 25 heavy (non-hydrogen) atoms. The molecule has 1 aromatic heterocycles. The van der Waals surface area contributed by atoms with Crippen molar-refractivity contribution in [3.8, 4) is 0 Å². The summed E-state index contributed by atoms with van der Waals surface area (Å²) < 4.78 is 2.13. The van der Waals surface area contributed by atoms with E-state index in [-0.39, 0.29) is 0 Å². The van der Waals surface area contributed by atoms with E-state index in [1.54, 1.807) is 24.4 Å². The van der Waals surface area contributed by atoms with Crippen LogP contribution >= 0.6 is 23.2 Å². The molecular weight excluding hydrogens is 353 g/mol. The van der Waals surface area contributed by atoms with E-state index >= 15 is 0 Å². The molecule has 0 amide bonds. The predicted octanol–water partition coefficient (Wildman–Crippen LogP) is 4.97. The molecule has 3 nitrogen and oxygen atoms in total. The van der Waals surface area contributed by atoms with Gasteiger partial charge in [0.1, 0.15) is 0 Å². The van der Waals surface area contributed by atoms with E-state index in [2.05, 4.69) is 39.0 Å². The monoisotopic (exact) mass is 369 g/mol. The summed E-state index contributed by atoms with van der Waals surface area (Å²) in [6.45, 7) is 0.919. The number of aromatic nitrogens is 1. The fourth-order valence-corrected chi connectivity index (χ4v) is 2.85. The number of nitrogens with zero attached hydrogens (tertiary/aromatic N) is 3. The first kappa shape index (κ1) is 17.5. The van der Waals surface area contributed by atoms with Crippen LogP contribution in [-0.4, -0.2) is 10.8 Å². The van der Waals surface area contributed by atoms with Crippen molar-refractivity contribution in [1.82, 2.24) is 4.57 Å². The maximum absolute atomic E-state index is 6.10. The second-order valence-corrected chi connectivity index (χ2v) is 6.32. The van der Waals surface area contributed by atoms with Crippen LogP contribution in [0.4, 0.5) is 0 Å². The Balaban J connectivity index is 1.65. The molecule has 2 aromatic carbocycles. The zero-order chi connectivity index (χ0) is 17.5. The third-order valence-electron chi connectivity index (χ3n) is 3.73. The van der Waals surface area contributed by atoms with E-state index in [0.717, 1.165) is 18.3 Å². The minimum Gasteiger partial charge on any atom is -0.354 e. The summed E-state index contributed by atoms with van der Waals surface area (Å²) in [5.74, 6) is 0. The minimum atomic E-state index is 0.554. The van der Waals surface area contributed by atoms with Crippen LogP contribution in [0.25, 0.3) is 0 Å². The van der Waals surface area contributed by atoms with Crippen molar-refractivity contribution in [3.63, 3.8) is 0 Å². The zero-order valence-corrected chi connectivity index (χ0v) is 15.0. The second kappa shape index (κ2) is 8.65. The Kier molecular flexibility index (Phi) is 6.04. The number of pyridine rings is 1. The van der Waals surface area contributed by atoms with E-state index < -0.39 is 0 Å². The Hall–Kier alpha value is -2.36. The van der Waals surface area contributed by atoms with Gasteiger partial charge in [-0.05, 0) is 36.2 Å². The Bertz CT molecular complexity index is 890. The average Bonchev–Trinajstić information content (AvgIpc) is 2.64. The first-order chi connectivity index (χ1) is 12.2. The van der Waals surface area contributed by atoms with Crippen LogP contribution in [0.2, 0.25) is 10.0 Å². The topological polar surface area (TPSA) is 29.6 Å². The summed E-state index contributed by atoms with van der Waals surface area (Å²) in [6, 6.07) is 19.6. The summed E-state index contributed by atoms with van der Waals surface area (Å²) in [6.07, 6.45) is 6.56. The van der Waals surface area contributed by atoms with Gasteiger partial charge in [-0.25, -0.2) is 0 Å². The number of benzene rings is 2. The first-order valence-electron chi connectivity index (χ1n) is 7.93. The highest BCUT2D eigenvalue weighted by Crippen LogP contribution is 2.22. The van der Waals surface area contributed by atoms with Gasteiger partial charge in [0.2, 0.25) is 0 Å². The van der Waals surface area contributed by atoms with Crippen LogP contribution in [0.5, 0.6) is 0 Å². The molecule has 0 bridgehead atoms. The van der Waals surface area contributed by atoms with Gasteiger partial charge in [-0.15, -0.1) is 0 Å². The third-order valence-corrected chi connectivity index (χ3v) is 4.39. The van der Waals surface area contributed by atoms with E-state index in [1.165, 1.54) is 5.56 Å². The van der Waals surface area contributed by atoms with Gasteiger partial charge in [0.25, 0.3) is 0 Å². The number of rotatable bonds is 5. The largest absolute Gasteiger partial charge is 0.354 e. The van der Waals surface area contributed by atoms with Crippen LogP contribution in [0.15, 0.2) is 83.3 Å². The van der Waals surface area contributed by atoms with Gasteiger partial charge in [-0.1, -0.05) is 59.6 Å². The van der Waals surface area contributed by atoms with Crippen molar-refractivity contribution in [2.24, 2.45) is 10.2 Å². The number of aryl methyl sites for hydroxylation is 2. The predicted molar refractivity (Wildman–Crippen MR) is 104 cm³/mol. The van der Waals surface area contributed by atoms with Crippen molar-refractivity contribution in [1.29, 1.82) is 0 Å². The van der Waals surface area contributed by atoms with Gasteiger partial charge in [-0.3, -0.25) is 0 Å². The normalized spacial score (nSPS) is 11.0. The van der Waals surface area contributed by atoms with Gasteiger partial charge in [0.15, 0.2) is 0 Å². The third kappa shape index (κ3) is 5.05. The van der Waals surface area contributed by atoms with Crippen LogP contribution in [0.3, 0.4) is 0 Å². The van der Waals surface area contributed by atoms with Crippen LogP contribution < -0.4 is 5.36 Å². The Morgan fingerprint density at radius 3 is 2.20 bits per heavy atom. The molecule has 0 spiro atoms. The zero-order valence-electron chi connectivity index (χ0n) is 13.5. The standard InChI is InChI=1S/C20H17Cl2N3/c21-19-7-4-8-20(22)18(19)15-23-24-17-10-13-25(14-11-17)12-9-16-5-2-1-3-6-16/h1-8,10-11,13-15H,9,12H2/b23-15+. The van der Waals surface area contributed by atoms with E-state index in [4.69, 9.17) is 23.2 Å². The van der Waals surface area contributed by atoms with E-state index in [1.807, 2.05) is 30.6 Å². The molecule has 0 saturated heterocycles. The molecule has 1 heterocycles. The van der Waals surface area contributed by atoms with Crippen LogP contribution in [-0.2, 0) is 13.0 Å². The molecular formula is C20H17Cl2N3. The second-order valence-electron chi connectivity index (χ2n) is 5.51. The smallest absolute Gasteiger partial charge is 0.0885 e. The van der Waals surface area contributed by atoms with Crippen molar-refractivity contribution in [2.45, 2.75) is 13.0 Å².